The molecule has 0 saturated carbocycles. The predicted octanol–water partition coefficient (Wildman–Crippen LogP) is 2.65. The van der Waals surface area contributed by atoms with Crippen LogP contribution in [0.5, 0.6) is 5.75 Å². The van der Waals surface area contributed by atoms with Gasteiger partial charge in [0.05, 0.1) is 19.4 Å². The Balaban J connectivity index is 2.46. The average molecular weight is 356 g/mol. The summed E-state index contributed by atoms with van der Waals surface area (Å²) in [5.41, 5.74) is 0. The summed E-state index contributed by atoms with van der Waals surface area (Å²) in [6, 6.07) is 0. The highest BCUT2D eigenvalue weighted by Crippen LogP contribution is 2.28. The molecule has 134 valence electrons. The van der Waals surface area contributed by atoms with Crippen LogP contribution < -0.4 is 4.74 Å². The Morgan fingerprint density at radius 1 is 0.750 bits per heavy atom. The monoisotopic (exact) mass is 356 g/mol. The molecular weight excluding hydrogens is 343 g/mol. The molecule has 0 saturated heterocycles. The van der Waals surface area contributed by atoms with Crippen LogP contribution in [0, 0.1) is 29.1 Å². The normalized spacial score (nSPS) is 10.4. The molecule has 1 aromatic rings. The molecule has 0 aliphatic carbocycles. The highest BCUT2D eigenvalue weighted by atomic mass is 19.2. The van der Waals surface area contributed by atoms with Gasteiger partial charge in [-0.15, -0.1) is 0 Å². The van der Waals surface area contributed by atoms with Crippen LogP contribution in [0.4, 0.5) is 22.0 Å². The van der Waals surface area contributed by atoms with Crippen LogP contribution >= 0.6 is 0 Å². The third-order valence-corrected chi connectivity index (χ3v) is 2.60. The van der Waals surface area contributed by atoms with Crippen LogP contribution in [0.25, 0.3) is 0 Å². The summed E-state index contributed by atoms with van der Waals surface area (Å²) in [6.45, 7) is 0.585. The van der Waals surface area contributed by atoms with E-state index in [1.165, 1.54) is 0 Å². The second-order valence-corrected chi connectivity index (χ2v) is 4.27. The zero-order valence-electron chi connectivity index (χ0n) is 12.5. The molecule has 0 N–H and O–H groups in total. The minimum absolute atomic E-state index is 0.156. The molecule has 0 radical (unpaired) electrons. The van der Waals surface area contributed by atoms with E-state index in [0.29, 0.717) is 0 Å². The van der Waals surface area contributed by atoms with Crippen molar-refractivity contribution in [2.75, 3.05) is 19.8 Å². The van der Waals surface area contributed by atoms with Gasteiger partial charge in [0.15, 0.2) is 5.75 Å². The minimum atomic E-state index is -2.30. The lowest BCUT2D eigenvalue weighted by Gasteiger charge is -2.10. The fourth-order valence-electron chi connectivity index (χ4n) is 1.52. The average Bonchev–Trinajstić information content (AvgIpc) is 2.56. The summed E-state index contributed by atoms with van der Waals surface area (Å²) < 4.78 is 78.7. The Hall–Kier alpha value is -2.39. The lowest BCUT2D eigenvalue weighted by Crippen LogP contribution is -2.15. The van der Waals surface area contributed by atoms with Gasteiger partial charge in [-0.2, -0.15) is 8.78 Å². The van der Waals surface area contributed by atoms with Crippen molar-refractivity contribution in [1.29, 1.82) is 0 Å². The molecule has 0 unspecified atom stereocenters. The number of carbonyl (C=O) groups excluding carboxylic acids is 2. The molecule has 24 heavy (non-hydrogen) atoms. The van der Waals surface area contributed by atoms with E-state index in [2.05, 4.69) is 14.2 Å². The fraction of sp³-hybridized carbons (Fsp3) is 0.429. The van der Waals surface area contributed by atoms with Crippen molar-refractivity contribution >= 4 is 11.9 Å². The molecule has 0 aliphatic heterocycles. The number of halogens is 5. The second-order valence-electron chi connectivity index (χ2n) is 4.27. The van der Waals surface area contributed by atoms with Crippen LogP contribution in [-0.4, -0.2) is 31.8 Å². The fourth-order valence-corrected chi connectivity index (χ4v) is 1.52. The Labute approximate surface area is 133 Å². The molecule has 0 heterocycles. The number of benzene rings is 1. The first-order valence-electron chi connectivity index (χ1n) is 6.75. The first-order valence-corrected chi connectivity index (χ1v) is 6.75. The highest BCUT2D eigenvalue weighted by molar-refractivity contribution is 5.77. The lowest BCUT2D eigenvalue weighted by atomic mass is 10.2. The number of hydrogen-bond donors (Lipinski definition) is 0. The predicted molar refractivity (Wildman–Crippen MR) is 68.6 cm³/mol. The number of hydrogen-bond acceptors (Lipinski definition) is 5. The maximum atomic E-state index is 13.3. The number of rotatable bonds is 8. The van der Waals surface area contributed by atoms with Gasteiger partial charge in [0, 0.05) is 0 Å². The Morgan fingerprint density at radius 2 is 1.21 bits per heavy atom. The van der Waals surface area contributed by atoms with E-state index in [-0.39, 0.29) is 19.4 Å². The molecule has 0 atom stereocenters. The van der Waals surface area contributed by atoms with E-state index in [4.69, 9.17) is 0 Å². The van der Waals surface area contributed by atoms with Gasteiger partial charge in [-0.3, -0.25) is 9.59 Å². The molecule has 0 aromatic heterocycles. The molecule has 5 nitrogen and oxygen atoms in total. The maximum Gasteiger partial charge on any atom is 0.306 e. The van der Waals surface area contributed by atoms with Gasteiger partial charge in [-0.05, 0) is 6.92 Å². The van der Waals surface area contributed by atoms with Crippen LogP contribution in [-0.2, 0) is 19.1 Å². The van der Waals surface area contributed by atoms with Crippen molar-refractivity contribution in [3.05, 3.63) is 29.1 Å². The molecule has 10 heteroatoms. The first kappa shape index (κ1) is 19.7. The number of ether oxygens (including phenoxy) is 3. The smallest absolute Gasteiger partial charge is 0.306 e. The summed E-state index contributed by atoms with van der Waals surface area (Å²) in [5.74, 6) is -13.7. The van der Waals surface area contributed by atoms with Crippen molar-refractivity contribution < 1.29 is 45.8 Å². The van der Waals surface area contributed by atoms with E-state index in [9.17, 15) is 31.5 Å². The van der Waals surface area contributed by atoms with Gasteiger partial charge in [0.2, 0.25) is 29.1 Å². The van der Waals surface area contributed by atoms with E-state index in [1.54, 1.807) is 6.92 Å². The number of esters is 2. The van der Waals surface area contributed by atoms with E-state index in [1.807, 2.05) is 0 Å². The largest absolute Gasteiger partial charge is 0.484 e. The third kappa shape index (κ3) is 5.07. The maximum absolute atomic E-state index is 13.3. The van der Waals surface area contributed by atoms with Gasteiger partial charge in [0.1, 0.15) is 13.2 Å². The van der Waals surface area contributed by atoms with Gasteiger partial charge >= 0.3 is 11.9 Å². The SMILES string of the molecule is CCOC(=O)CCC(=O)OCCOc1c(F)c(F)c(F)c(F)c1F. The summed E-state index contributed by atoms with van der Waals surface area (Å²) in [4.78, 5) is 22.2. The van der Waals surface area contributed by atoms with Gasteiger partial charge < -0.3 is 14.2 Å². The first-order chi connectivity index (χ1) is 11.3. The molecule has 1 aromatic carbocycles. The highest BCUT2D eigenvalue weighted by Gasteiger charge is 2.27. The van der Waals surface area contributed by atoms with Gasteiger partial charge in [-0.1, -0.05) is 0 Å². The van der Waals surface area contributed by atoms with Crippen molar-refractivity contribution in [1.82, 2.24) is 0 Å². The Kier molecular flexibility index (Phi) is 7.40. The summed E-state index contributed by atoms with van der Waals surface area (Å²) >= 11 is 0. The van der Waals surface area contributed by atoms with Gasteiger partial charge in [-0.25, -0.2) is 13.2 Å². The second kappa shape index (κ2) is 9.04. The quantitative estimate of drug-likeness (QED) is 0.236. The van der Waals surface area contributed by atoms with Crippen LogP contribution in [0.15, 0.2) is 0 Å². The zero-order chi connectivity index (χ0) is 18.3. The third-order valence-electron chi connectivity index (χ3n) is 2.60. The van der Waals surface area contributed by atoms with E-state index >= 15 is 0 Å². The molecule has 0 spiro atoms. The van der Waals surface area contributed by atoms with Crippen molar-refractivity contribution in [2.24, 2.45) is 0 Å². The molecule has 0 amide bonds. The lowest BCUT2D eigenvalue weighted by molar-refractivity contribution is -0.150. The van der Waals surface area contributed by atoms with Crippen LogP contribution in [0.3, 0.4) is 0 Å². The van der Waals surface area contributed by atoms with E-state index < -0.39 is 60.0 Å². The molecule has 0 fully saturated rings. The Bertz CT molecular complexity index is 591. The minimum Gasteiger partial charge on any atom is -0.484 e. The number of carbonyl (C=O) groups is 2. The molecule has 0 bridgehead atoms. The van der Waals surface area contributed by atoms with Crippen molar-refractivity contribution in [3.8, 4) is 5.75 Å². The summed E-state index contributed by atoms with van der Waals surface area (Å²) in [5, 5.41) is 0. The van der Waals surface area contributed by atoms with Crippen molar-refractivity contribution in [3.63, 3.8) is 0 Å². The summed E-state index contributed by atoms with van der Waals surface area (Å²) in [6.07, 6.45) is -0.507. The zero-order valence-corrected chi connectivity index (χ0v) is 12.5. The van der Waals surface area contributed by atoms with Gasteiger partial charge in [0.25, 0.3) is 0 Å². The Morgan fingerprint density at radius 3 is 1.71 bits per heavy atom. The standard InChI is InChI=1S/C14H13F5O5/c1-2-22-7(20)3-4-8(21)23-5-6-24-14-12(18)10(16)9(15)11(17)13(14)19/h2-6H2,1H3. The van der Waals surface area contributed by atoms with Crippen LogP contribution in [0.2, 0.25) is 0 Å². The molecule has 0 aliphatic rings. The molecular formula is C14H13F5O5. The molecule has 1 rings (SSSR count). The van der Waals surface area contributed by atoms with Crippen molar-refractivity contribution in [2.45, 2.75) is 19.8 Å². The van der Waals surface area contributed by atoms with Crippen LogP contribution in [0.1, 0.15) is 19.8 Å². The van der Waals surface area contributed by atoms with E-state index in [0.717, 1.165) is 0 Å². The topological polar surface area (TPSA) is 61.8 Å². The summed E-state index contributed by atoms with van der Waals surface area (Å²) in [7, 11) is 0.